The first-order valence-electron chi connectivity index (χ1n) is 6.27. The summed E-state index contributed by atoms with van der Waals surface area (Å²) < 4.78 is 11.5. The molecule has 2 rings (SSSR count). The summed E-state index contributed by atoms with van der Waals surface area (Å²) in [4.78, 5) is 0. The highest BCUT2D eigenvalue weighted by Crippen LogP contribution is 2.25. The Kier molecular flexibility index (Phi) is 4.42. The Labute approximate surface area is 92.5 Å². The molecule has 3 nitrogen and oxygen atoms in total. The van der Waals surface area contributed by atoms with Crippen molar-refractivity contribution < 1.29 is 9.47 Å². The van der Waals surface area contributed by atoms with Crippen molar-refractivity contribution in [1.82, 2.24) is 5.32 Å². The lowest BCUT2D eigenvalue weighted by molar-refractivity contribution is -0.0704. The Hall–Kier alpha value is -0.120. The van der Waals surface area contributed by atoms with Gasteiger partial charge in [0, 0.05) is 13.7 Å². The lowest BCUT2D eigenvalue weighted by Crippen LogP contribution is -2.39. The maximum atomic E-state index is 6.12. The van der Waals surface area contributed by atoms with E-state index < -0.39 is 0 Å². The Bertz CT molecular complexity index is 180. The van der Waals surface area contributed by atoms with Gasteiger partial charge >= 0.3 is 0 Å². The van der Waals surface area contributed by atoms with Crippen molar-refractivity contribution in [3.63, 3.8) is 0 Å². The molecule has 2 aliphatic rings. The lowest BCUT2D eigenvalue weighted by Gasteiger charge is -2.33. The number of piperidine rings is 1. The highest BCUT2D eigenvalue weighted by atomic mass is 16.5. The summed E-state index contributed by atoms with van der Waals surface area (Å²) in [7, 11) is 1.81. The summed E-state index contributed by atoms with van der Waals surface area (Å²) in [5, 5.41) is 3.39. The van der Waals surface area contributed by atoms with Gasteiger partial charge in [-0.1, -0.05) is 0 Å². The van der Waals surface area contributed by atoms with Gasteiger partial charge in [0.05, 0.1) is 18.3 Å². The van der Waals surface area contributed by atoms with Crippen molar-refractivity contribution in [2.24, 2.45) is 0 Å². The molecule has 3 heteroatoms. The Morgan fingerprint density at radius 1 is 1.00 bits per heavy atom. The third-order valence-corrected chi connectivity index (χ3v) is 3.55. The van der Waals surface area contributed by atoms with Crippen molar-refractivity contribution in [2.45, 2.75) is 56.8 Å². The molecule has 2 fully saturated rings. The molecular formula is C12H23NO2. The molecule has 0 amide bonds. The van der Waals surface area contributed by atoms with Crippen molar-refractivity contribution in [1.29, 1.82) is 0 Å². The second-order valence-corrected chi connectivity index (χ2v) is 4.75. The predicted molar refractivity (Wildman–Crippen MR) is 60.0 cm³/mol. The Morgan fingerprint density at radius 3 is 2.53 bits per heavy atom. The van der Waals surface area contributed by atoms with Crippen LogP contribution < -0.4 is 5.32 Å². The molecule has 1 saturated heterocycles. The van der Waals surface area contributed by atoms with Gasteiger partial charge < -0.3 is 14.8 Å². The molecule has 1 N–H and O–H groups in total. The van der Waals surface area contributed by atoms with Gasteiger partial charge in [0.2, 0.25) is 0 Å². The number of rotatable bonds is 3. The molecule has 0 bridgehead atoms. The number of hydrogen-bond acceptors (Lipinski definition) is 3. The van der Waals surface area contributed by atoms with Crippen LogP contribution in [-0.2, 0) is 9.47 Å². The average molecular weight is 213 g/mol. The first kappa shape index (κ1) is 11.4. The second kappa shape index (κ2) is 5.83. The van der Waals surface area contributed by atoms with Gasteiger partial charge in [0.25, 0.3) is 0 Å². The summed E-state index contributed by atoms with van der Waals surface area (Å²) in [6, 6.07) is 0. The third-order valence-electron chi connectivity index (χ3n) is 3.55. The summed E-state index contributed by atoms with van der Waals surface area (Å²) >= 11 is 0. The number of nitrogens with one attached hydrogen (secondary N) is 1. The van der Waals surface area contributed by atoms with Gasteiger partial charge in [-0.25, -0.2) is 0 Å². The standard InChI is InChI=1S/C12H23NO2/c1-14-10-4-2-5-11(8-10)15-12-6-3-7-13-9-12/h10-13H,2-9H2,1H3/t10-,11+,12+/m1/s1. The van der Waals surface area contributed by atoms with E-state index in [-0.39, 0.29) is 0 Å². The summed E-state index contributed by atoms with van der Waals surface area (Å²) in [5.41, 5.74) is 0. The summed E-state index contributed by atoms with van der Waals surface area (Å²) in [6.45, 7) is 2.19. The van der Waals surface area contributed by atoms with Crippen molar-refractivity contribution >= 4 is 0 Å². The molecule has 0 radical (unpaired) electrons. The minimum atomic E-state index is 0.431. The van der Waals surface area contributed by atoms with Crippen LogP contribution in [0.1, 0.15) is 38.5 Å². The molecule has 0 aromatic carbocycles. The molecule has 0 unspecified atom stereocenters. The van der Waals surface area contributed by atoms with Gasteiger partial charge in [-0.3, -0.25) is 0 Å². The highest BCUT2D eigenvalue weighted by molar-refractivity contribution is 4.77. The van der Waals surface area contributed by atoms with Crippen LogP contribution in [0.3, 0.4) is 0 Å². The van der Waals surface area contributed by atoms with Crippen LogP contribution in [0.25, 0.3) is 0 Å². The highest BCUT2D eigenvalue weighted by Gasteiger charge is 2.25. The van der Waals surface area contributed by atoms with Gasteiger partial charge in [-0.05, 0) is 45.1 Å². The van der Waals surface area contributed by atoms with E-state index in [4.69, 9.17) is 9.47 Å². The fourth-order valence-electron chi connectivity index (χ4n) is 2.65. The molecule has 88 valence electrons. The minimum absolute atomic E-state index is 0.431. The van der Waals surface area contributed by atoms with Crippen LogP contribution in [-0.4, -0.2) is 38.5 Å². The van der Waals surface area contributed by atoms with E-state index in [0.29, 0.717) is 18.3 Å². The zero-order valence-corrected chi connectivity index (χ0v) is 9.71. The molecule has 1 aliphatic carbocycles. The van der Waals surface area contributed by atoms with Crippen LogP contribution in [0.2, 0.25) is 0 Å². The number of hydrogen-bond donors (Lipinski definition) is 1. The van der Waals surface area contributed by atoms with Gasteiger partial charge in [0.1, 0.15) is 0 Å². The van der Waals surface area contributed by atoms with Crippen molar-refractivity contribution in [3.8, 4) is 0 Å². The van der Waals surface area contributed by atoms with Crippen LogP contribution in [0.5, 0.6) is 0 Å². The number of ether oxygens (including phenoxy) is 2. The molecule has 3 atom stereocenters. The summed E-state index contributed by atoms with van der Waals surface area (Å²) in [5.74, 6) is 0. The molecule has 1 heterocycles. The first-order valence-corrected chi connectivity index (χ1v) is 6.27. The Morgan fingerprint density at radius 2 is 1.80 bits per heavy atom. The van der Waals surface area contributed by atoms with E-state index in [1.165, 1.54) is 32.1 Å². The third kappa shape index (κ3) is 3.44. The van der Waals surface area contributed by atoms with E-state index in [9.17, 15) is 0 Å². The zero-order valence-electron chi connectivity index (χ0n) is 9.71. The van der Waals surface area contributed by atoms with Crippen LogP contribution >= 0.6 is 0 Å². The van der Waals surface area contributed by atoms with E-state index in [0.717, 1.165) is 19.5 Å². The van der Waals surface area contributed by atoms with E-state index >= 15 is 0 Å². The van der Waals surface area contributed by atoms with Crippen LogP contribution in [0.15, 0.2) is 0 Å². The largest absolute Gasteiger partial charge is 0.381 e. The van der Waals surface area contributed by atoms with Gasteiger partial charge in [0.15, 0.2) is 0 Å². The van der Waals surface area contributed by atoms with Gasteiger partial charge in [-0.2, -0.15) is 0 Å². The minimum Gasteiger partial charge on any atom is -0.381 e. The molecule has 1 aliphatic heterocycles. The van der Waals surface area contributed by atoms with Crippen molar-refractivity contribution in [3.05, 3.63) is 0 Å². The summed E-state index contributed by atoms with van der Waals surface area (Å²) in [6.07, 6.45) is 8.56. The topological polar surface area (TPSA) is 30.5 Å². The molecule has 1 saturated carbocycles. The number of methoxy groups -OCH3 is 1. The smallest absolute Gasteiger partial charge is 0.0703 e. The molecule has 15 heavy (non-hydrogen) atoms. The van der Waals surface area contributed by atoms with Gasteiger partial charge in [-0.15, -0.1) is 0 Å². The maximum Gasteiger partial charge on any atom is 0.0703 e. The fourth-order valence-corrected chi connectivity index (χ4v) is 2.65. The zero-order chi connectivity index (χ0) is 10.5. The van der Waals surface area contributed by atoms with E-state index in [1.807, 2.05) is 7.11 Å². The monoisotopic (exact) mass is 213 g/mol. The van der Waals surface area contributed by atoms with E-state index in [1.54, 1.807) is 0 Å². The molecule has 0 spiro atoms. The van der Waals surface area contributed by atoms with E-state index in [2.05, 4.69) is 5.32 Å². The maximum absolute atomic E-state index is 6.12. The quantitative estimate of drug-likeness (QED) is 0.774. The first-order chi connectivity index (χ1) is 7.38. The second-order valence-electron chi connectivity index (χ2n) is 4.75. The molecule has 0 aromatic rings. The lowest BCUT2D eigenvalue weighted by atomic mass is 9.94. The predicted octanol–water partition coefficient (Wildman–Crippen LogP) is 1.71. The van der Waals surface area contributed by atoms with Crippen LogP contribution in [0, 0.1) is 0 Å². The van der Waals surface area contributed by atoms with Crippen LogP contribution in [0.4, 0.5) is 0 Å². The SMILES string of the molecule is CO[C@@H]1CCC[C@H](O[C@H]2CCCNC2)C1. The average Bonchev–Trinajstić information content (AvgIpc) is 2.31. The molecule has 0 aromatic heterocycles. The van der Waals surface area contributed by atoms with Crippen molar-refractivity contribution in [2.75, 3.05) is 20.2 Å². The molecular weight excluding hydrogens is 190 g/mol. The normalized spacial score (nSPS) is 37.8. The fraction of sp³-hybridized carbons (Fsp3) is 1.00. The Balaban J connectivity index is 1.72.